The lowest BCUT2D eigenvalue weighted by molar-refractivity contribution is -0.132. The molecule has 1 aliphatic heterocycles. The van der Waals surface area contributed by atoms with E-state index in [1.165, 1.54) is 6.26 Å². The summed E-state index contributed by atoms with van der Waals surface area (Å²) in [5.74, 6) is 0.392. The van der Waals surface area contributed by atoms with Gasteiger partial charge in [-0.25, -0.2) is 4.79 Å². The maximum absolute atomic E-state index is 12.7. The topological polar surface area (TPSA) is 101 Å². The van der Waals surface area contributed by atoms with E-state index in [2.05, 4.69) is 15.5 Å². The Hall–Kier alpha value is -3.13. The highest BCUT2D eigenvalue weighted by Crippen LogP contribution is 2.30. The molecule has 0 bridgehead atoms. The Kier molecular flexibility index (Phi) is 3.77. The molecule has 0 saturated carbocycles. The van der Waals surface area contributed by atoms with E-state index >= 15 is 0 Å². The molecule has 1 atom stereocenters. The van der Waals surface area contributed by atoms with Gasteiger partial charge in [0.2, 0.25) is 0 Å². The monoisotopic (exact) mass is 372 g/mol. The van der Waals surface area contributed by atoms with Crippen LogP contribution >= 0.6 is 11.6 Å². The normalized spacial score (nSPS) is 19.8. The number of amides is 3. The number of rotatable bonds is 4. The van der Waals surface area contributed by atoms with E-state index < -0.39 is 17.5 Å². The summed E-state index contributed by atoms with van der Waals surface area (Å²) >= 11 is 5.86. The van der Waals surface area contributed by atoms with Gasteiger partial charge in [0.15, 0.2) is 11.4 Å². The number of carbonyl (C=O) groups excluding carboxylic acids is 2. The summed E-state index contributed by atoms with van der Waals surface area (Å²) in [5.41, 5.74) is -0.575. The van der Waals surface area contributed by atoms with Crippen LogP contribution in [0.25, 0.3) is 11.5 Å². The van der Waals surface area contributed by atoms with Crippen molar-refractivity contribution in [2.75, 3.05) is 0 Å². The van der Waals surface area contributed by atoms with Crippen molar-refractivity contribution in [1.29, 1.82) is 0 Å². The average Bonchev–Trinajstić information content (AvgIpc) is 3.34. The van der Waals surface area contributed by atoms with E-state index in [0.29, 0.717) is 16.3 Å². The van der Waals surface area contributed by atoms with E-state index in [1.807, 2.05) is 0 Å². The van der Waals surface area contributed by atoms with Crippen LogP contribution in [0, 0.1) is 0 Å². The zero-order valence-electron chi connectivity index (χ0n) is 13.6. The van der Waals surface area contributed by atoms with Crippen LogP contribution in [0.5, 0.6) is 0 Å². The van der Waals surface area contributed by atoms with Crippen molar-refractivity contribution >= 4 is 23.5 Å². The first kappa shape index (κ1) is 16.3. The number of imide groups is 1. The lowest BCUT2D eigenvalue weighted by Crippen LogP contribution is -2.40. The highest BCUT2D eigenvalue weighted by Gasteiger charge is 2.51. The third-order valence-corrected chi connectivity index (χ3v) is 4.40. The van der Waals surface area contributed by atoms with Crippen LogP contribution in [0.3, 0.4) is 0 Å². The fourth-order valence-corrected chi connectivity index (χ4v) is 2.87. The van der Waals surface area contributed by atoms with Gasteiger partial charge in [0.05, 0.1) is 12.8 Å². The Morgan fingerprint density at radius 2 is 2.00 bits per heavy atom. The summed E-state index contributed by atoms with van der Waals surface area (Å²) in [5, 5.41) is 7.07. The van der Waals surface area contributed by atoms with Gasteiger partial charge in [-0.1, -0.05) is 16.8 Å². The van der Waals surface area contributed by atoms with Gasteiger partial charge in [0.1, 0.15) is 5.76 Å². The summed E-state index contributed by atoms with van der Waals surface area (Å²) in [7, 11) is 0. The van der Waals surface area contributed by atoms with Crippen LogP contribution in [0.1, 0.15) is 18.5 Å². The highest BCUT2D eigenvalue weighted by atomic mass is 35.5. The van der Waals surface area contributed by atoms with Gasteiger partial charge >= 0.3 is 6.03 Å². The lowest BCUT2D eigenvalue weighted by atomic mass is 9.99. The number of nitrogens with one attached hydrogen (secondary N) is 1. The molecule has 0 aliphatic carbocycles. The number of urea groups is 1. The minimum absolute atomic E-state index is 0.113. The van der Waals surface area contributed by atoms with Crippen LogP contribution in [0.15, 0.2) is 51.6 Å². The molecule has 3 aromatic rings. The van der Waals surface area contributed by atoms with Crippen LogP contribution < -0.4 is 5.32 Å². The molecule has 1 aromatic carbocycles. The number of aromatic nitrogens is 2. The van der Waals surface area contributed by atoms with Gasteiger partial charge in [-0.3, -0.25) is 9.69 Å². The van der Waals surface area contributed by atoms with E-state index in [9.17, 15) is 9.59 Å². The third kappa shape index (κ3) is 2.64. The van der Waals surface area contributed by atoms with Crippen molar-refractivity contribution in [2.24, 2.45) is 0 Å². The maximum atomic E-state index is 12.7. The number of benzene rings is 1. The first-order valence-electron chi connectivity index (χ1n) is 7.74. The second kappa shape index (κ2) is 5.99. The Balaban J connectivity index is 1.55. The van der Waals surface area contributed by atoms with Gasteiger partial charge in [-0.15, -0.1) is 0 Å². The SMILES string of the molecule is CC1(c2ccco2)NC(=O)N(Cc2noc(-c3ccc(Cl)cc3)n2)C1=O. The summed E-state index contributed by atoms with van der Waals surface area (Å²) in [6.45, 7) is 1.47. The predicted octanol–water partition coefficient (Wildman–Crippen LogP) is 2.95. The molecule has 1 saturated heterocycles. The molecule has 2 aromatic heterocycles. The molecule has 0 radical (unpaired) electrons. The smallest absolute Gasteiger partial charge is 0.325 e. The second-order valence-corrected chi connectivity index (χ2v) is 6.38. The van der Waals surface area contributed by atoms with Crippen LogP contribution in [-0.2, 0) is 16.9 Å². The molecular weight excluding hydrogens is 360 g/mol. The first-order valence-corrected chi connectivity index (χ1v) is 8.12. The van der Waals surface area contributed by atoms with Gasteiger partial charge in [0.25, 0.3) is 11.8 Å². The van der Waals surface area contributed by atoms with Crippen LogP contribution in [0.4, 0.5) is 4.79 Å². The molecular formula is C17H13ClN4O4. The van der Waals surface area contributed by atoms with E-state index in [0.717, 1.165) is 4.90 Å². The fourth-order valence-electron chi connectivity index (χ4n) is 2.74. The molecule has 1 aliphatic rings. The Morgan fingerprint density at radius 1 is 1.23 bits per heavy atom. The molecule has 3 heterocycles. The summed E-state index contributed by atoms with van der Waals surface area (Å²) in [6.07, 6.45) is 1.44. The maximum Gasteiger partial charge on any atom is 0.325 e. The van der Waals surface area contributed by atoms with Gasteiger partial charge in [-0.2, -0.15) is 4.98 Å². The Bertz CT molecular complexity index is 967. The molecule has 8 nitrogen and oxygen atoms in total. The summed E-state index contributed by atoms with van der Waals surface area (Å²) in [4.78, 5) is 30.3. The first-order chi connectivity index (χ1) is 12.5. The minimum Gasteiger partial charge on any atom is -0.466 e. The number of furan rings is 1. The quantitative estimate of drug-likeness (QED) is 0.706. The molecule has 3 amide bonds. The molecule has 132 valence electrons. The third-order valence-electron chi connectivity index (χ3n) is 4.15. The van der Waals surface area contributed by atoms with Crippen molar-refractivity contribution in [3.63, 3.8) is 0 Å². The highest BCUT2D eigenvalue weighted by molar-refractivity contribution is 6.30. The van der Waals surface area contributed by atoms with Crippen LogP contribution in [-0.4, -0.2) is 27.0 Å². The van der Waals surface area contributed by atoms with E-state index in [1.54, 1.807) is 43.3 Å². The molecule has 0 spiro atoms. The molecule has 9 heteroatoms. The van der Waals surface area contributed by atoms with Gasteiger partial charge in [0, 0.05) is 10.6 Å². The number of nitrogens with zero attached hydrogens (tertiary/aromatic N) is 3. The number of carbonyl (C=O) groups is 2. The van der Waals surface area contributed by atoms with Crippen molar-refractivity contribution in [2.45, 2.75) is 19.0 Å². The lowest BCUT2D eigenvalue weighted by Gasteiger charge is -2.18. The summed E-state index contributed by atoms with van der Waals surface area (Å²) in [6, 6.07) is 9.61. The van der Waals surface area contributed by atoms with Crippen molar-refractivity contribution in [1.82, 2.24) is 20.4 Å². The zero-order chi connectivity index (χ0) is 18.3. The molecule has 26 heavy (non-hydrogen) atoms. The average molecular weight is 373 g/mol. The minimum atomic E-state index is -1.26. The number of hydrogen-bond acceptors (Lipinski definition) is 6. The summed E-state index contributed by atoms with van der Waals surface area (Å²) < 4.78 is 10.5. The Labute approximate surface area is 152 Å². The zero-order valence-corrected chi connectivity index (χ0v) is 14.4. The standard InChI is InChI=1S/C17H13ClN4O4/c1-17(12-3-2-8-25-12)15(23)22(16(24)20-17)9-13-19-14(26-21-13)10-4-6-11(18)7-5-10/h2-8H,9H2,1H3,(H,20,24). The number of halogens is 1. The molecule has 4 rings (SSSR count). The molecule has 1 N–H and O–H groups in total. The van der Waals surface area contributed by atoms with Crippen molar-refractivity contribution in [3.05, 3.63) is 59.3 Å². The van der Waals surface area contributed by atoms with Gasteiger partial charge in [-0.05, 0) is 43.3 Å². The van der Waals surface area contributed by atoms with Gasteiger partial charge < -0.3 is 14.3 Å². The molecule has 1 fully saturated rings. The second-order valence-electron chi connectivity index (χ2n) is 5.95. The van der Waals surface area contributed by atoms with Crippen LogP contribution in [0.2, 0.25) is 5.02 Å². The molecule has 1 unspecified atom stereocenters. The van der Waals surface area contributed by atoms with E-state index in [4.69, 9.17) is 20.5 Å². The fraction of sp³-hybridized carbons (Fsp3) is 0.176. The van der Waals surface area contributed by atoms with Crippen molar-refractivity contribution < 1.29 is 18.5 Å². The predicted molar refractivity (Wildman–Crippen MR) is 89.9 cm³/mol. The van der Waals surface area contributed by atoms with E-state index in [-0.39, 0.29) is 18.3 Å². The largest absolute Gasteiger partial charge is 0.466 e. The Morgan fingerprint density at radius 3 is 2.69 bits per heavy atom. The van der Waals surface area contributed by atoms with Crippen molar-refractivity contribution in [3.8, 4) is 11.5 Å². The number of hydrogen-bond donors (Lipinski definition) is 1.